The van der Waals surface area contributed by atoms with E-state index in [0.717, 1.165) is 99.9 Å². The van der Waals surface area contributed by atoms with Gasteiger partial charge in [-0.3, -0.25) is 4.40 Å². The van der Waals surface area contributed by atoms with E-state index in [1.54, 1.807) is 0 Å². The highest BCUT2D eigenvalue weighted by atomic mass is 15.0. The molecule has 0 fully saturated rings. The first-order valence-electron chi connectivity index (χ1n) is 18.3. The molecule has 0 N–H and O–H groups in total. The van der Waals surface area contributed by atoms with Gasteiger partial charge in [0.05, 0.1) is 45.2 Å². The SMILES string of the molecule is c1ccc(-c2nc3ccccn3c2-c2ccc(-c3nc(-c4nc5ccccc5c5ccccc45)cc(-c4nc5ccccc5c5ccccc45)n3)cc2)cc1. The molecule has 0 atom stereocenters. The molecule has 6 nitrogen and oxygen atoms in total. The van der Waals surface area contributed by atoms with Gasteiger partial charge in [-0.15, -0.1) is 0 Å². The van der Waals surface area contributed by atoms with Gasteiger partial charge in [0.25, 0.3) is 0 Å². The van der Waals surface area contributed by atoms with Crippen molar-refractivity contribution in [2.45, 2.75) is 0 Å². The minimum Gasteiger partial charge on any atom is -0.299 e. The van der Waals surface area contributed by atoms with Crippen LogP contribution in [0.4, 0.5) is 0 Å². The molecule has 0 saturated carbocycles. The van der Waals surface area contributed by atoms with Crippen molar-refractivity contribution in [1.29, 1.82) is 0 Å². The summed E-state index contributed by atoms with van der Waals surface area (Å²) >= 11 is 0. The molecule has 0 aliphatic rings. The third-order valence-electron chi connectivity index (χ3n) is 10.4. The van der Waals surface area contributed by atoms with Crippen molar-refractivity contribution in [2.24, 2.45) is 0 Å². The molecular weight excluding hydrogens is 673 g/mol. The van der Waals surface area contributed by atoms with Crippen molar-refractivity contribution in [3.63, 3.8) is 0 Å². The van der Waals surface area contributed by atoms with Crippen LogP contribution in [0.2, 0.25) is 0 Å². The Hall–Kier alpha value is -7.57. The van der Waals surface area contributed by atoms with Crippen molar-refractivity contribution in [3.05, 3.63) is 182 Å². The van der Waals surface area contributed by atoms with Crippen LogP contribution in [0, 0.1) is 0 Å². The van der Waals surface area contributed by atoms with Crippen molar-refractivity contribution >= 4 is 49.0 Å². The van der Waals surface area contributed by atoms with Gasteiger partial charge < -0.3 is 0 Å². The van der Waals surface area contributed by atoms with Crippen molar-refractivity contribution < 1.29 is 0 Å². The maximum Gasteiger partial charge on any atom is 0.160 e. The van der Waals surface area contributed by atoms with E-state index in [2.05, 4.69) is 150 Å². The predicted octanol–water partition coefficient (Wildman–Crippen LogP) is 11.9. The molecule has 11 aromatic rings. The molecule has 0 unspecified atom stereocenters. The van der Waals surface area contributed by atoms with Gasteiger partial charge in [0.15, 0.2) is 5.82 Å². The van der Waals surface area contributed by atoms with E-state index in [-0.39, 0.29) is 0 Å². The first-order chi connectivity index (χ1) is 27.3. The second-order valence-electron chi connectivity index (χ2n) is 13.7. The summed E-state index contributed by atoms with van der Waals surface area (Å²) in [6.45, 7) is 0. The van der Waals surface area contributed by atoms with Crippen molar-refractivity contribution in [1.82, 2.24) is 29.3 Å². The normalized spacial score (nSPS) is 11.6. The summed E-state index contributed by atoms with van der Waals surface area (Å²) in [5.41, 5.74) is 10.8. The maximum absolute atomic E-state index is 5.29. The van der Waals surface area contributed by atoms with Gasteiger partial charge in [-0.1, -0.05) is 146 Å². The van der Waals surface area contributed by atoms with Crippen LogP contribution in [0.1, 0.15) is 0 Å². The quantitative estimate of drug-likeness (QED) is 0.167. The number of benzene rings is 6. The molecule has 0 spiro atoms. The summed E-state index contributed by atoms with van der Waals surface area (Å²) in [4.78, 5) is 26.1. The van der Waals surface area contributed by atoms with E-state index in [1.807, 2.05) is 36.4 Å². The van der Waals surface area contributed by atoms with Gasteiger partial charge in [0.1, 0.15) is 5.65 Å². The molecule has 0 saturated heterocycles. The van der Waals surface area contributed by atoms with Gasteiger partial charge in [-0.2, -0.15) is 0 Å². The minimum absolute atomic E-state index is 0.596. The zero-order valence-corrected chi connectivity index (χ0v) is 29.5. The zero-order chi connectivity index (χ0) is 36.3. The Morgan fingerprint density at radius 2 is 0.818 bits per heavy atom. The fourth-order valence-electron chi connectivity index (χ4n) is 7.86. The van der Waals surface area contributed by atoms with Gasteiger partial charge in [-0.05, 0) is 41.1 Å². The third kappa shape index (κ3) is 5.15. The predicted molar refractivity (Wildman–Crippen MR) is 224 cm³/mol. The van der Waals surface area contributed by atoms with Crippen LogP contribution in [0.5, 0.6) is 0 Å². The fraction of sp³-hybridized carbons (Fsp3) is 0. The fourth-order valence-corrected chi connectivity index (χ4v) is 7.86. The van der Waals surface area contributed by atoms with Crippen LogP contribution < -0.4 is 0 Å². The highest BCUT2D eigenvalue weighted by Crippen LogP contribution is 2.38. The van der Waals surface area contributed by atoms with Gasteiger partial charge in [0.2, 0.25) is 0 Å². The first-order valence-corrected chi connectivity index (χ1v) is 18.3. The van der Waals surface area contributed by atoms with Crippen LogP contribution in [0.3, 0.4) is 0 Å². The molecule has 0 amide bonds. The third-order valence-corrected chi connectivity index (χ3v) is 10.4. The highest BCUT2D eigenvalue weighted by Gasteiger charge is 2.20. The average Bonchev–Trinajstić information content (AvgIpc) is 3.66. The Bertz CT molecular complexity index is 3120. The molecule has 5 aromatic heterocycles. The van der Waals surface area contributed by atoms with Gasteiger partial charge in [0, 0.05) is 44.4 Å². The topological polar surface area (TPSA) is 68.9 Å². The van der Waals surface area contributed by atoms with Crippen LogP contribution >= 0.6 is 0 Å². The van der Waals surface area contributed by atoms with Crippen molar-refractivity contribution in [3.8, 4) is 56.7 Å². The van der Waals surface area contributed by atoms with E-state index >= 15 is 0 Å². The average molecular weight is 703 g/mol. The molecule has 6 aromatic carbocycles. The lowest BCUT2D eigenvalue weighted by atomic mass is 10.00. The number of pyridine rings is 3. The zero-order valence-electron chi connectivity index (χ0n) is 29.5. The number of hydrogen-bond donors (Lipinski definition) is 0. The molecule has 55 heavy (non-hydrogen) atoms. The first kappa shape index (κ1) is 31.0. The smallest absolute Gasteiger partial charge is 0.160 e. The van der Waals surface area contributed by atoms with Gasteiger partial charge >= 0.3 is 0 Å². The van der Waals surface area contributed by atoms with E-state index in [1.165, 1.54) is 0 Å². The molecule has 0 aliphatic carbocycles. The lowest BCUT2D eigenvalue weighted by Gasteiger charge is -2.14. The number of imidazole rings is 1. The van der Waals surface area contributed by atoms with E-state index in [4.69, 9.17) is 24.9 Å². The summed E-state index contributed by atoms with van der Waals surface area (Å²) in [6, 6.07) is 60.4. The molecule has 5 heterocycles. The summed E-state index contributed by atoms with van der Waals surface area (Å²) in [6.07, 6.45) is 2.07. The maximum atomic E-state index is 5.29. The molecule has 256 valence electrons. The summed E-state index contributed by atoms with van der Waals surface area (Å²) in [5.74, 6) is 0.596. The number of fused-ring (bicyclic) bond motifs is 7. The van der Waals surface area contributed by atoms with Crippen LogP contribution in [-0.4, -0.2) is 29.3 Å². The van der Waals surface area contributed by atoms with E-state index in [0.29, 0.717) is 5.82 Å². The van der Waals surface area contributed by atoms with E-state index in [9.17, 15) is 0 Å². The Kier molecular flexibility index (Phi) is 7.07. The minimum atomic E-state index is 0.596. The summed E-state index contributed by atoms with van der Waals surface area (Å²) in [5, 5.41) is 6.54. The monoisotopic (exact) mass is 702 g/mol. The summed E-state index contributed by atoms with van der Waals surface area (Å²) < 4.78 is 2.15. The molecule has 0 radical (unpaired) electrons. The van der Waals surface area contributed by atoms with Gasteiger partial charge in [-0.25, -0.2) is 24.9 Å². The molecule has 11 rings (SSSR count). The number of nitrogens with zero attached hydrogens (tertiary/aromatic N) is 6. The second-order valence-corrected chi connectivity index (χ2v) is 13.7. The standard InChI is InChI=1S/C49H30N6/c1-2-14-31(15-3-1)45-48(55-29-13-12-24-44(55)54-45)32-25-27-33(28-26-32)49-52-42(46-38-20-6-4-16-34(38)36-18-8-10-22-40(36)50-46)30-43(53-49)47-39-21-7-5-17-35(39)37-19-9-11-23-41(37)51-47/h1-30H. The second kappa shape index (κ2) is 12.5. The highest BCUT2D eigenvalue weighted by molar-refractivity contribution is 6.12. The Morgan fingerprint density at radius 1 is 0.327 bits per heavy atom. The molecule has 0 bridgehead atoms. The van der Waals surface area contributed by atoms with Crippen molar-refractivity contribution in [2.75, 3.05) is 0 Å². The largest absolute Gasteiger partial charge is 0.299 e. The van der Waals surface area contributed by atoms with Crippen LogP contribution in [0.15, 0.2) is 182 Å². The number of para-hydroxylation sites is 2. The number of hydrogen-bond acceptors (Lipinski definition) is 5. The Balaban J connectivity index is 1.14. The molecule has 6 heteroatoms. The summed E-state index contributed by atoms with van der Waals surface area (Å²) in [7, 11) is 0. The Labute approximate surface area is 316 Å². The Morgan fingerprint density at radius 3 is 1.42 bits per heavy atom. The lowest BCUT2D eigenvalue weighted by Crippen LogP contribution is -2.00. The number of aromatic nitrogens is 6. The van der Waals surface area contributed by atoms with Crippen LogP contribution in [-0.2, 0) is 0 Å². The van der Waals surface area contributed by atoms with E-state index < -0.39 is 0 Å². The lowest BCUT2D eigenvalue weighted by molar-refractivity contribution is 1.16. The number of rotatable bonds is 5. The molecular formula is C49H30N6. The van der Waals surface area contributed by atoms with Crippen LogP contribution in [0.25, 0.3) is 106 Å². The molecule has 0 aliphatic heterocycles.